The molecule has 0 saturated heterocycles. The van der Waals surface area contributed by atoms with E-state index in [9.17, 15) is 19.5 Å². The predicted molar refractivity (Wildman–Crippen MR) is 118 cm³/mol. The summed E-state index contributed by atoms with van der Waals surface area (Å²) in [4.78, 5) is 34.2. The zero-order valence-corrected chi connectivity index (χ0v) is 19.5. The molecule has 0 heterocycles. The van der Waals surface area contributed by atoms with Crippen molar-refractivity contribution < 1.29 is 29.0 Å². The maximum Gasteiger partial charge on any atom is 0.306 e. The van der Waals surface area contributed by atoms with Crippen molar-refractivity contribution in [2.45, 2.75) is 129 Å². The van der Waals surface area contributed by atoms with Gasteiger partial charge in [0.25, 0.3) is 0 Å². The minimum absolute atomic E-state index is 0.0350. The van der Waals surface area contributed by atoms with Gasteiger partial charge in [0.1, 0.15) is 11.9 Å². The Hall–Kier alpha value is -1.43. The number of methoxy groups -OCH3 is 1. The fourth-order valence-electron chi connectivity index (χ4n) is 3.40. The lowest BCUT2D eigenvalue weighted by molar-refractivity contribution is -0.156. The van der Waals surface area contributed by atoms with Crippen LogP contribution in [0.25, 0.3) is 0 Å². The molecule has 0 saturated carbocycles. The van der Waals surface area contributed by atoms with Crippen molar-refractivity contribution in [3.63, 3.8) is 0 Å². The Morgan fingerprint density at radius 3 is 1.90 bits per heavy atom. The van der Waals surface area contributed by atoms with Gasteiger partial charge in [0.15, 0.2) is 0 Å². The summed E-state index contributed by atoms with van der Waals surface area (Å²) in [6.07, 6.45) is 12.3. The molecule has 0 aliphatic heterocycles. The SMILES string of the molecule is CCCCCCCCC(OC(=O)CCC(C)=O)C(O)CCCCCCCC(=O)OC. The van der Waals surface area contributed by atoms with Crippen LogP contribution in [-0.2, 0) is 23.9 Å². The van der Waals surface area contributed by atoms with Gasteiger partial charge >= 0.3 is 11.9 Å². The molecule has 6 nitrogen and oxygen atoms in total. The zero-order chi connectivity index (χ0) is 22.6. The monoisotopic (exact) mass is 428 g/mol. The van der Waals surface area contributed by atoms with E-state index < -0.39 is 18.2 Å². The third-order valence-corrected chi connectivity index (χ3v) is 5.34. The van der Waals surface area contributed by atoms with Gasteiger partial charge in [-0.1, -0.05) is 64.7 Å². The zero-order valence-electron chi connectivity index (χ0n) is 19.5. The second kappa shape index (κ2) is 19.5. The highest BCUT2D eigenvalue weighted by Gasteiger charge is 2.23. The summed E-state index contributed by atoms with van der Waals surface area (Å²) in [5, 5.41) is 10.6. The molecule has 30 heavy (non-hydrogen) atoms. The van der Waals surface area contributed by atoms with Gasteiger partial charge in [-0.3, -0.25) is 9.59 Å². The van der Waals surface area contributed by atoms with Gasteiger partial charge in [-0.15, -0.1) is 0 Å². The first kappa shape index (κ1) is 28.6. The predicted octanol–water partition coefficient (Wildman–Crippen LogP) is 5.28. The van der Waals surface area contributed by atoms with Gasteiger partial charge in [0.05, 0.1) is 19.6 Å². The average molecular weight is 429 g/mol. The molecule has 0 aliphatic rings. The molecule has 2 unspecified atom stereocenters. The summed E-state index contributed by atoms with van der Waals surface area (Å²) in [6, 6.07) is 0. The minimum Gasteiger partial charge on any atom is -0.469 e. The van der Waals surface area contributed by atoms with Gasteiger partial charge < -0.3 is 19.4 Å². The Balaban J connectivity index is 4.23. The van der Waals surface area contributed by atoms with Crippen LogP contribution in [-0.4, -0.2) is 42.1 Å². The van der Waals surface area contributed by atoms with Crippen molar-refractivity contribution in [3.8, 4) is 0 Å². The molecule has 0 radical (unpaired) electrons. The van der Waals surface area contributed by atoms with E-state index in [4.69, 9.17) is 4.74 Å². The van der Waals surface area contributed by atoms with Crippen molar-refractivity contribution in [3.05, 3.63) is 0 Å². The topological polar surface area (TPSA) is 89.9 Å². The number of carbonyl (C=O) groups is 3. The summed E-state index contributed by atoms with van der Waals surface area (Å²) < 4.78 is 10.2. The second-order valence-corrected chi connectivity index (χ2v) is 8.24. The third-order valence-electron chi connectivity index (χ3n) is 5.34. The van der Waals surface area contributed by atoms with Crippen LogP contribution in [0.3, 0.4) is 0 Å². The Morgan fingerprint density at radius 1 is 0.733 bits per heavy atom. The van der Waals surface area contributed by atoms with Crippen molar-refractivity contribution in [2.24, 2.45) is 0 Å². The second-order valence-electron chi connectivity index (χ2n) is 8.24. The number of ether oxygens (including phenoxy) is 2. The van der Waals surface area contributed by atoms with E-state index in [2.05, 4.69) is 11.7 Å². The molecular formula is C24H44O6. The van der Waals surface area contributed by atoms with Gasteiger partial charge in [-0.05, 0) is 32.6 Å². The summed E-state index contributed by atoms with van der Waals surface area (Å²) in [7, 11) is 1.40. The van der Waals surface area contributed by atoms with Gasteiger partial charge in [-0.25, -0.2) is 0 Å². The van der Waals surface area contributed by atoms with Crippen molar-refractivity contribution >= 4 is 17.7 Å². The molecule has 0 rings (SSSR count). The quantitative estimate of drug-likeness (QED) is 0.209. The van der Waals surface area contributed by atoms with Gasteiger partial charge in [-0.2, -0.15) is 0 Å². The van der Waals surface area contributed by atoms with E-state index >= 15 is 0 Å². The van der Waals surface area contributed by atoms with Crippen LogP contribution >= 0.6 is 0 Å². The number of hydrogen-bond acceptors (Lipinski definition) is 6. The summed E-state index contributed by atoms with van der Waals surface area (Å²) in [6.45, 7) is 3.65. The van der Waals surface area contributed by atoms with Crippen LogP contribution in [0.4, 0.5) is 0 Å². The first-order valence-corrected chi connectivity index (χ1v) is 11.8. The molecule has 0 bridgehead atoms. The lowest BCUT2D eigenvalue weighted by Gasteiger charge is -2.23. The molecule has 1 N–H and O–H groups in total. The van der Waals surface area contributed by atoms with Crippen LogP contribution in [0.5, 0.6) is 0 Å². The lowest BCUT2D eigenvalue weighted by atomic mass is 9.99. The highest BCUT2D eigenvalue weighted by atomic mass is 16.6. The fourth-order valence-corrected chi connectivity index (χ4v) is 3.40. The maximum atomic E-state index is 12.0. The minimum atomic E-state index is -0.669. The smallest absolute Gasteiger partial charge is 0.306 e. The number of carbonyl (C=O) groups excluding carboxylic acids is 3. The van der Waals surface area contributed by atoms with Crippen molar-refractivity contribution in [2.75, 3.05) is 7.11 Å². The van der Waals surface area contributed by atoms with Crippen LogP contribution in [0.15, 0.2) is 0 Å². The largest absolute Gasteiger partial charge is 0.469 e. The van der Waals surface area contributed by atoms with E-state index in [1.165, 1.54) is 39.7 Å². The van der Waals surface area contributed by atoms with Crippen LogP contribution in [0.2, 0.25) is 0 Å². The number of rotatable bonds is 20. The fraction of sp³-hybridized carbons (Fsp3) is 0.875. The molecule has 0 aromatic heterocycles. The average Bonchev–Trinajstić information content (AvgIpc) is 2.72. The van der Waals surface area contributed by atoms with E-state index in [1.807, 2.05) is 0 Å². The first-order chi connectivity index (χ1) is 14.4. The Labute approximate surface area is 183 Å². The summed E-state index contributed by atoms with van der Waals surface area (Å²) >= 11 is 0. The lowest BCUT2D eigenvalue weighted by Crippen LogP contribution is -2.31. The van der Waals surface area contributed by atoms with Crippen LogP contribution in [0, 0.1) is 0 Å². The summed E-state index contributed by atoms with van der Waals surface area (Å²) in [5.74, 6) is -0.607. The standard InChI is InChI=1S/C24H44O6/c1-4-5-6-7-10-13-16-22(30-24(28)19-18-20(2)25)21(26)15-12-9-8-11-14-17-23(27)29-3/h21-22,26H,4-19H2,1-3H3. The first-order valence-electron chi connectivity index (χ1n) is 11.8. The molecule has 0 fully saturated rings. The number of esters is 2. The highest BCUT2D eigenvalue weighted by Crippen LogP contribution is 2.18. The number of ketones is 1. The number of Topliss-reactive ketones (excluding diaryl/α,β-unsaturated/α-hetero) is 1. The number of unbranched alkanes of at least 4 members (excludes halogenated alkanes) is 9. The molecule has 176 valence electrons. The highest BCUT2D eigenvalue weighted by molar-refractivity contribution is 5.81. The molecular weight excluding hydrogens is 384 g/mol. The Morgan fingerprint density at radius 2 is 1.30 bits per heavy atom. The third kappa shape index (κ3) is 17.4. The van der Waals surface area contributed by atoms with Gasteiger partial charge in [0.2, 0.25) is 0 Å². The van der Waals surface area contributed by atoms with E-state index in [-0.39, 0.29) is 24.6 Å². The molecule has 0 spiro atoms. The van der Waals surface area contributed by atoms with Crippen molar-refractivity contribution in [1.29, 1.82) is 0 Å². The molecule has 0 aromatic carbocycles. The number of hydrogen-bond donors (Lipinski definition) is 1. The van der Waals surface area contributed by atoms with E-state index in [1.54, 1.807) is 0 Å². The Bertz CT molecular complexity index is 463. The van der Waals surface area contributed by atoms with Crippen molar-refractivity contribution in [1.82, 2.24) is 0 Å². The number of aliphatic hydroxyl groups is 1. The van der Waals surface area contributed by atoms with E-state index in [0.717, 1.165) is 44.9 Å². The van der Waals surface area contributed by atoms with Crippen LogP contribution < -0.4 is 0 Å². The molecule has 0 amide bonds. The van der Waals surface area contributed by atoms with Gasteiger partial charge in [0, 0.05) is 12.8 Å². The molecule has 2 atom stereocenters. The molecule has 0 aliphatic carbocycles. The number of aliphatic hydroxyl groups excluding tert-OH is 1. The maximum absolute atomic E-state index is 12.0. The summed E-state index contributed by atoms with van der Waals surface area (Å²) in [5.41, 5.74) is 0. The van der Waals surface area contributed by atoms with Crippen LogP contribution in [0.1, 0.15) is 117 Å². The molecule has 6 heteroatoms. The molecule has 0 aromatic rings. The normalized spacial score (nSPS) is 12.9. The Kier molecular flexibility index (Phi) is 18.6. The van der Waals surface area contributed by atoms with E-state index in [0.29, 0.717) is 19.3 Å².